The lowest BCUT2D eigenvalue weighted by Gasteiger charge is -2.36. The van der Waals surface area contributed by atoms with E-state index < -0.39 is 0 Å². The molecule has 1 aliphatic heterocycles. The van der Waals surface area contributed by atoms with Crippen LogP contribution in [-0.2, 0) is 4.79 Å². The van der Waals surface area contributed by atoms with Crippen molar-refractivity contribution in [1.29, 1.82) is 0 Å². The Kier molecular flexibility index (Phi) is 6.99. The van der Waals surface area contributed by atoms with Crippen LogP contribution in [0, 0.1) is 0 Å². The highest BCUT2D eigenvalue weighted by Gasteiger charge is 2.22. The Hall–Kier alpha value is -2.73. The lowest BCUT2D eigenvalue weighted by atomic mass is 10.2. The third-order valence-corrected chi connectivity index (χ3v) is 5.30. The molecule has 0 atom stereocenters. The molecular formula is C22H26ClN3O3. The van der Waals surface area contributed by atoms with Crippen LogP contribution in [0.4, 0.5) is 11.4 Å². The normalized spacial score (nSPS) is 13.9. The van der Waals surface area contributed by atoms with Crippen molar-refractivity contribution in [2.75, 3.05) is 43.5 Å². The summed E-state index contributed by atoms with van der Waals surface area (Å²) in [5.74, 6) is 0.708. The number of amides is 2. The van der Waals surface area contributed by atoms with E-state index in [1.165, 1.54) is 0 Å². The molecule has 0 aromatic heterocycles. The van der Waals surface area contributed by atoms with Crippen molar-refractivity contribution in [3.63, 3.8) is 0 Å². The van der Waals surface area contributed by atoms with Gasteiger partial charge in [-0.05, 0) is 48.9 Å². The summed E-state index contributed by atoms with van der Waals surface area (Å²) in [7, 11) is 1.58. The molecule has 2 amide bonds. The number of methoxy groups -OCH3 is 1. The van der Waals surface area contributed by atoms with Gasteiger partial charge in [0.25, 0.3) is 5.91 Å². The standard InChI is InChI=1S/C22H26ClN3O3/c1-3-4-21(27)26-13-11-25(12-14-26)20-10-7-17(15-19(20)23)24-22(28)16-5-8-18(29-2)9-6-16/h5-10,15H,3-4,11-14H2,1-2H3,(H,24,28). The van der Waals surface area contributed by atoms with Gasteiger partial charge in [0, 0.05) is 43.9 Å². The molecule has 2 aromatic rings. The first-order valence-electron chi connectivity index (χ1n) is 9.79. The van der Waals surface area contributed by atoms with E-state index in [-0.39, 0.29) is 11.8 Å². The molecule has 0 aliphatic carbocycles. The van der Waals surface area contributed by atoms with Gasteiger partial charge in [-0.25, -0.2) is 0 Å². The minimum atomic E-state index is -0.209. The van der Waals surface area contributed by atoms with Gasteiger partial charge in [-0.15, -0.1) is 0 Å². The highest BCUT2D eigenvalue weighted by atomic mass is 35.5. The molecule has 2 aromatic carbocycles. The number of rotatable bonds is 6. The molecule has 3 rings (SSSR count). The Morgan fingerprint density at radius 2 is 1.76 bits per heavy atom. The molecule has 1 saturated heterocycles. The summed E-state index contributed by atoms with van der Waals surface area (Å²) in [6.45, 7) is 4.90. The van der Waals surface area contributed by atoms with E-state index in [0.717, 1.165) is 25.2 Å². The van der Waals surface area contributed by atoms with Crippen LogP contribution in [0.2, 0.25) is 5.02 Å². The number of nitrogens with one attached hydrogen (secondary N) is 1. The fourth-order valence-electron chi connectivity index (χ4n) is 3.36. The Morgan fingerprint density at radius 1 is 1.07 bits per heavy atom. The van der Waals surface area contributed by atoms with E-state index in [0.29, 0.717) is 41.5 Å². The summed E-state index contributed by atoms with van der Waals surface area (Å²) in [4.78, 5) is 28.6. The molecule has 7 heteroatoms. The van der Waals surface area contributed by atoms with E-state index in [1.807, 2.05) is 24.0 Å². The van der Waals surface area contributed by atoms with Gasteiger partial charge in [0.2, 0.25) is 5.91 Å². The highest BCUT2D eigenvalue weighted by molar-refractivity contribution is 6.33. The molecule has 0 spiro atoms. The topological polar surface area (TPSA) is 61.9 Å². The first-order valence-corrected chi connectivity index (χ1v) is 10.2. The summed E-state index contributed by atoms with van der Waals surface area (Å²) in [5.41, 5.74) is 2.09. The maximum atomic E-state index is 12.4. The SMILES string of the molecule is CCCC(=O)N1CCN(c2ccc(NC(=O)c3ccc(OC)cc3)cc2Cl)CC1. The minimum Gasteiger partial charge on any atom is -0.497 e. The predicted octanol–water partition coefficient (Wildman–Crippen LogP) is 4.05. The number of benzene rings is 2. The number of hydrogen-bond donors (Lipinski definition) is 1. The molecule has 0 unspecified atom stereocenters. The van der Waals surface area contributed by atoms with Crippen LogP contribution in [0.1, 0.15) is 30.1 Å². The Bertz CT molecular complexity index is 862. The molecule has 0 bridgehead atoms. The second-order valence-corrected chi connectivity index (χ2v) is 7.37. The summed E-state index contributed by atoms with van der Waals surface area (Å²) in [5, 5.41) is 3.44. The number of anilines is 2. The van der Waals surface area contributed by atoms with Crippen molar-refractivity contribution < 1.29 is 14.3 Å². The number of halogens is 1. The van der Waals surface area contributed by atoms with Gasteiger partial charge in [0.05, 0.1) is 17.8 Å². The van der Waals surface area contributed by atoms with Crippen molar-refractivity contribution in [3.05, 3.63) is 53.1 Å². The van der Waals surface area contributed by atoms with E-state index in [4.69, 9.17) is 16.3 Å². The third-order valence-electron chi connectivity index (χ3n) is 4.99. The van der Waals surface area contributed by atoms with Crippen molar-refractivity contribution in [1.82, 2.24) is 4.90 Å². The molecule has 6 nitrogen and oxygen atoms in total. The minimum absolute atomic E-state index is 0.209. The van der Waals surface area contributed by atoms with Gasteiger partial charge in [-0.1, -0.05) is 18.5 Å². The highest BCUT2D eigenvalue weighted by Crippen LogP contribution is 2.30. The predicted molar refractivity (Wildman–Crippen MR) is 116 cm³/mol. The first kappa shape index (κ1) is 21.0. The number of piperazine rings is 1. The van der Waals surface area contributed by atoms with Crippen LogP contribution in [0.5, 0.6) is 5.75 Å². The molecule has 1 fully saturated rings. The summed E-state index contributed by atoms with van der Waals surface area (Å²) < 4.78 is 5.11. The molecule has 0 radical (unpaired) electrons. The third kappa shape index (κ3) is 5.21. The average Bonchev–Trinajstić information content (AvgIpc) is 2.74. The smallest absolute Gasteiger partial charge is 0.255 e. The van der Waals surface area contributed by atoms with Crippen LogP contribution in [0.3, 0.4) is 0 Å². The molecule has 154 valence electrons. The van der Waals surface area contributed by atoms with Gasteiger partial charge in [0.1, 0.15) is 5.75 Å². The average molecular weight is 416 g/mol. The van der Waals surface area contributed by atoms with Crippen molar-refractivity contribution in [2.24, 2.45) is 0 Å². The van der Waals surface area contributed by atoms with Crippen LogP contribution in [-0.4, -0.2) is 50.0 Å². The van der Waals surface area contributed by atoms with Crippen molar-refractivity contribution in [2.45, 2.75) is 19.8 Å². The van der Waals surface area contributed by atoms with E-state index >= 15 is 0 Å². The number of hydrogen-bond acceptors (Lipinski definition) is 4. The maximum absolute atomic E-state index is 12.4. The molecule has 29 heavy (non-hydrogen) atoms. The Balaban J connectivity index is 1.61. The van der Waals surface area contributed by atoms with Gasteiger partial charge < -0.3 is 19.9 Å². The zero-order valence-electron chi connectivity index (χ0n) is 16.8. The second-order valence-electron chi connectivity index (χ2n) is 6.97. The molecule has 1 aliphatic rings. The number of carbonyl (C=O) groups excluding carboxylic acids is 2. The lowest BCUT2D eigenvalue weighted by Crippen LogP contribution is -2.48. The van der Waals surface area contributed by atoms with Crippen LogP contribution >= 0.6 is 11.6 Å². The van der Waals surface area contributed by atoms with E-state index in [9.17, 15) is 9.59 Å². The molecule has 1 N–H and O–H groups in total. The largest absolute Gasteiger partial charge is 0.497 e. The van der Waals surface area contributed by atoms with Gasteiger partial charge in [-0.2, -0.15) is 0 Å². The molecule has 1 heterocycles. The Morgan fingerprint density at radius 3 is 2.34 bits per heavy atom. The zero-order valence-corrected chi connectivity index (χ0v) is 17.5. The number of carbonyl (C=O) groups is 2. The van der Waals surface area contributed by atoms with Gasteiger partial charge in [-0.3, -0.25) is 9.59 Å². The summed E-state index contributed by atoms with van der Waals surface area (Å²) >= 11 is 6.49. The summed E-state index contributed by atoms with van der Waals surface area (Å²) in [6.07, 6.45) is 1.47. The first-order chi connectivity index (χ1) is 14.0. The van der Waals surface area contributed by atoms with E-state index in [2.05, 4.69) is 10.2 Å². The van der Waals surface area contributed by atoms with Crippen molar-refractivity contribution >= 4 is 34.8 Å². The van der Waals surface area contributed by atoms with Gasteiger partial charge >= 0.3 is 0 Å². The fraction of sp³-hybridized carbons (Fsp3) is 0.364. The number of ether oxygens (including phenoxy) is 1. The maximum Gasteiger partial charge on any atom is 0.255 e. The van der Waals surface area contributed by atoms with Crippen LogP contribution in [0.15, 0.2) is 42.5 Å². The Labute approximate surface area is 176 Å². The summed E-state index contributed by atoms with van der Waals surface area (Å²) in [6, 6.07) is 12.4. The molecule has 0 saturated carbocycles. The second kappa shape index (κ2) is 9.65. The lowest BCUT2D eigenvalue weighted by molar-refractivity contribution is -0.131. The zero-order chi connectivity index (χ0) is 20.8. The van der Waals surface area contributed by atoms with Crippen molar-refractivity contribution in [3.8, 4) is 5.75 Å². The fourth-order valence-corrected chi connectivity index (χ4v) is 3.66. The number of nitrogens with zero attached hydrogens (tertiary/aromatic N) is 2. The quantitative estimate of drug-likeness (QED) is 0.773. The molecular weight excluding hydrogens is 390 g/mol. The van der Waals surface area contributed by atoms with Gasteiger partial charge in [0.15, 0.2) is 0 Å². The monoisotopic (exact) mass is 415 g/mol. The van der Waals surface area contributed by atoms with E-state index in [1.54, 1.807) is 37.4 Å². The van der Waals surface area contributed by atoms with Crippen LogP contribution < -0.4 is 15.0 Å². The van der Waals surface area contributed by atoms with Crippen LogP contribution in [0.25, 0.3) is 0 Å².